The molecule has 2 aromatic rings. The van der Waals surface area contributed by atoms with Gasteiger partial charge in [-0.05, 0) is 29.8 Å². The van der Waals surface area contributed by atoms with Crippen molar-refractivity contribution in [2.24, 2.45) is 5.10 Å². The van der Waals surface area contributed by atoms with Crippen LogP contribution in [0.25, 0.3) is 0 Å². The molecule has 1 aliphatic heterocycles. The third-order valence-corrected chi connectivity index (χ3v) is 6.15. The van der Waals surface area contributed by atoms with E-state index in [0.717, 1.165) is 11.3 Å². The molecule has 0 saturated heterocycles. The summed E-state index contributed by atoms with van der Waals surface area (Å²) in [7, 11) is 1.58. The van der Waals surface area contributed by atoms with Gasteiger partial charge in [0.05, 0.1) is 13.7 Å². The molecule has 0 fully saturated rings. The van der Waals surface area contributed by atoms with Gasteiger partial charge in [0.15, 0.2) is 16.7 Å². The van der Waals surface area contributed by atoms with Crippen LogP contribution in [0.4, 0.5) is 0 Å². The highest BCUT2D eigenvalue weighted by molar-refractivity contribution is 8.14. The highest BCUT2D eigenvalue weighted by Gasteiger charge is 2.32. The number of hydrazone groups is 1. The third-order valence-electron chi connectivity index (χ3n) is 4.08. The molecule has 1 atom stereocenters. The number of carbonyl (C=O) groups excluding carboxylic acids is 2. The van der Waals surface area contributed by atoms with Crippen molar-refractivity contribution in [2.45, 2.75) is 24.1 Å². The van der Waals surface area contributed by atoms with E-state index in [-0.39, 0.29) is 17.2 Å². The molecule has 1 aliphatic rings. The zero-order valence-corrected chi connectivity index (χ0v) is 18.6. The summed E-state index contributed by atoms with van der Waals surface area (Å²) in [5, 5.41) is 8.20. The van der Waals surface area contributed by atoms with E-state index in [1.165, 1.54) is 35.5 Å². The maximum Gasteiger partial charge on any atom is 0.241 e. The first-order valence-corrected chi connectivity index (χ1v) is 11.2. The Morgan fingerprint density at radius 2 is 1.93 bits per heavy atom. The van der Waals surface area contributed by atoms with Crippen molar-refractivity contribution < 1.29 is 19.1 Å². The first-order valence-electron chi connectivity index (χ1n) is 9.29. The Morgan fingerprint density at radius 3 is 2.60 bits per heavy atom. The predicted octanol–water partition coefficient (Wildman–Crippen LogP) is 3.87. The van der Waals surface area contributed by atoms with Crippen LogP contribution in [0, 0.1) is 0 Å². The van der Waals surface area contributed by atoms with E-state index in [4.69, 9.17) is 9.47 Å². The molecule has 0 spiro atoms. The summed E-state index contributed by atoms with van der Waals surface area (Å²) in [6.07, 6.45) is 0. The van der Waals surface area contributed by atoms with Crippen LogP contribution in [0.3, 0.4) is 0 Å². The quantitative estimate of drug-likeness (QED) is 0.515. The zero-order chi connectivity index (χ0) is 21.5. The first kappa shape index (κ1) is 22.0. The molecule has 0 radical (unpaired) electrons. The van der Waals surface area contributed by atoms with E-state index in [9.17, 15) is 9.59 Å². The number of methoxy groups -OCH3 is 1. The first-order chi connectivity index (χ1) is 14.5. The van der Waals surface area contributed by atoms with E-state index >= 15 is 0 Å². The molecule has 0 aliphatic carbocycles. The summed E-state index contributed by atoms with van der Waals surface area (Å²) < 4.78 is 11.4. The van der Waals surface area contributed by atoms with Gasteiger partial charge in [0.1, 0.15) is 5.37 Å². The monoisotopic (exact) mass is 445 g/mol. The average molecular weight is 446 g/mol. The SMILES string of the molecule is COc1cc(C2SC(NC(C)=O)=NN2C(C)=O)ccc1OCCSc1ccccc1. The normalized spacial score (nSPS) is 15.5. The minimum absolute atomic E-state index is 0.218. The molecule has 1 heterocycles. The van der Waals surface area contributed by atoms with Gasteiger partial charge in [0.2, 0.25) is 11.8 Å². The van der Waals surface area contributed by atoms with Gasteiger partial charge in [0.25, 0.3) is 0 Å². The van der Waals surface area contributed by atoms with Gasteiger partial charge in [-0.1, -0.05) is 36.0 Å². The Kier molecular flexibility index (Phi) is 7.64. The molecule has 0 aromatic heterocycles. The Bertz CT molecular complexity index is 937. The van der Waals surface area contributed by atoms with Gasteiger partial charge in [-0.2, -0.15) is 0 Å². The van der Waals surface area contributed by atoms with Crippen molar-refractivity contribution in [1.82, 2.24) is 10.3 Å². The maximum atomic E-state index is 12.0. The largest absolute Gasteiger partial charge is 0.493 e. The molecule has 30 heavy (non-hydrogen) atoms. The van der Waals surface area contributed by atoms with Crippen LogP contribution in [0.1, 0.15) is 24.8 Å². The van der Waals surface area contributed by atoms with Crippen LogP contribution in [-0.4, -0.2) is 41.5 Å². The van der Waals surface area contributed by atoms with Crippen molar-refractivity contribution in [3.8, 4) is 11.5 Å². The number of hydrogen-bond acceptors (Lipinski definition) is 7. The number of ether oxygens (including phenoxy) is 2. The second kappa shape index (κ2) is 10.4. The minimum atomic E-state index is -0.388. The summed E-state index contributed by atoms with van der Waals surface area (Å²) >= 11 is 3.02. The highest BCUT2D eigenvalue weighted by Crippen LogP contribution is 2.41. The van der Waals surface area contributed by atoms with Crippen LogP contribution in [0.5, 0.6) is 11.5 Å². The summed E-state index contributed by atoms with van der Waals surface area (Å²) in [5.74, 6) is 1.56. The maximum absolute atomic E-state index is 12.0. The fraction of sp³-hybridized carbons (Fsp3) is 0.286. The highest BCUT2D eigenvalue weighted by atomic mass is 32.2. The summed E-state index contributed by atoms with van der Waals surface area (Å²) in [6.45, 7) is 3.37. The molecule has 2 amide bonds. The van der Waals surface area contributed by atoms with Gasteiger partial charge in [-0.15, -0.1) is 16.9 Å². The molecule has 0 bridgehead atoms. The van der Waals surface area contributed by atoms with Crippen molar-refractivity contribution in [2.75, 3.05) is 19.5 Å². The van der Waals surface area contributed by atoms with Crippen LogP contribution in [0.15, 0.2) is 58.5 Å². The molecule has 1 N–H and O–H groups in total. The molecule has 9 heteroatoms. The molecule has 0 saturated carbocycles. The number of amides is 2. The van der Waals surface area contributed by atoms with Crippen molar-refractivity contribution in [1.29, 1.82) is 0 Å². The molecule has 7 nitrogen and oxygen atoms in total. The number of nitrogens with one attached hydrogen (secondary N) is 1. The van der Waals surface area contributed by atoms with E-state index in [1.807, 2.05) is 36.4 Å². The van der Waals surface area contributed by atoms with E-state index in [2.05, 4.69) is 22.6 Å². The number of hydrogen-bond donors (Lipinski definition) is 1. The third kappa shape index (κ3) is 5.70. The van der Waals surface area contributed by atoms with Gasteiger partial charge >= 0.3 is 0 Å². The average Bonchev–Trinajstić information content (AvgIpc) is 3.15. The number of thioether (sulfide) groups is 2. The lowest BCUT2D eigenvalue weighted by atomic mass is 10.2. The second-order valence-electron chi connectivity index (χ2n) is 6.34. The number of nitrogens with zero attached hydrogens (tertiary/aromatic N) is 2. The molecule has 1 unspecified atom stereocenters. The van der Waals surface area contributed by atoms with Crippen molar-refractivity contribution in [3.05, 3.63) is 54.1 Å². The van der Waals surface area contributed by atoms with E-state index in [1.54, 1.807) is 18.9 Å². The van der Waals surface area contributed by atoms with Crippen LogP contribution in [0.2, 0.25) is 0 Å². The zero-order valence-electron chi connectivity index (χ0n) is 17.0. The number of rotatable bonds is 7. The van der Waals surface area contributed by atoms with Gasteiger partial charge in [-0.25, -0.2) is 5.01 Å². The number of amidine groups is 1. The summed E-state index contributed by atoms with van der Waals surface area (Å²) in [5.41, 5.74) is 0.821. The summed E-state index contributed by atoms with van der Waals surface area (Å²) in [4.78, 5) is 24.5. The lowest BCUT2D eigenvalue weighted by molar-refractivity contribution is -0.129. The van der Waals surface area contributed by atoms with Crippen LogP contribution >= 0.6 is 23.5 Å². The van der Waals surface area contributed by atoms with Crippen molar-refractivity contribution >= 4 is 40.5 Å². The van der Waals surface area contributed by atoms with Gasteiger partial charge in [-0.3, -0.25) is 9.59 Å². The van der Waals surface area contributed by atoms with Gasteiger partial charge in [0, 0.05) is 24.5 Å². The van der Waals surface area contributed by atoms with Crippen molar-refractivity contribution in [3.63, 3.8) is 0 Å². The fourth-order valence-corrected chi connectivity index (χ4v) is 4.64. The minimum Gasteiger partial charge on any atom is -0.493 e. The standard InChI is InChI=1S/C21H23N3O4S2/c1-14(25)22-21-23-24(15(2)26)20(30-21)16-9-10-18(19(13-16)27-3)28-11-12-29-17-7-5-4-6-8-17/h4-10,13,20H,11-12H2,1-3H3,(H,22,23,25). The molecule has 2 aromatic carbocycles. The Hall–Kier alpha value is -2.65. The Labute approximate surface area is 184 Å². The van der Waals surface area contributed by atoms with Gasteiger partial charge < -0.3 is 14.8 Å². The second-order valence-corrected chi connectivity index (χ2v) is 8.58. The summed E-state index contributed by atoms with van der Waals surface area (Å²) in [6, 6.07) is 15.7. The fourth-order valence-electron chi connectivity index (χ4n) is 2.76. The smallest absolute Gasteiger partial charge is 0.241 e. The Morgan fingerprint density at radius 1 is 1.17 bits per heavy atom. The Balaban J connectivity index is 1.66. The topological polar surface area (TPSA) is 80.2 Å². The number of benzene rings is 2. The molecular formula is C21H23N3O4S2. The number of carbonyl (C=O) groups is 2. The van der Waals surface area contributed by atoms with Crippen LogP contribution in [-0.2, 0) is 9.59 Å². The lowest BCUT2D eigenvalue weighted by Crippen LogP contribution is -2.25. The predicted molar refractivity (Wildman–Crippen MR) is 120 cm³/mol. The van der Waals surface area contributed by atoms with E-state index < -0.39 is 0 Å². The molecule has 3 rings (SSSR count). The molecular weight excluding hydrogens is 422 g/mol. The lowest BCUT2D eigenvalue weighted by Gasteiger charge is -2.20. The van der Waals surface area contributed by atoms with E-state index in [0.29, 0.717) is 23.3 Å². The molecule has 158 valence electrons. The van der Waals surface area contributed by atoms with Crippen LogP contribution < -0.4 is 14.8 Å².